The summed E-state index contributed by atoms with van der Waals surface area (Å²) in [5.41, 5.74) is 9.75. The van der Waals surface area contributed by atoms with Gasteiger partial charge in [0.25, 0.3) is 0 Å². The normalized spacial score (nSPS) is 20.7. The third-order valence-corrected chi connectivity index (χ3v) is 8.63. The molecule has 4 heterocycles. The number of nitrogens with two attached hydrogens (primary N) is 1. The molecule has 2 aliphatic rings. The summed E-state index contributed by atoms with van der Waals surface area (Å²) in [5.74, 6) is 1.66. The van der Waals surface area contributed by atoms with E-state index in [9.17, 15) is 8.42 Å². The van der Waals surface area contributed by atoms with Crippen molar-refractivity contribution in [3.05, 3.63) is 42.2 Å². The molecule has 0 amide bonds. The van der Waals surface area contributed by atoms with Crippen LogP contribution in [0.1, 0.15) is 25.3 Å². The molecule has 10 nitrogen and oxygen atoms in total. The van der Waals surface area contributed by atoms with Crippen LogP contribution < -0.4 is 16.0 Å². The number of hydrogen-bond acceptors (Lipinski definition) is 8. The summed E-state index contributed by atoms with van der Waals surface area (Å²) in [6, 6.07) is 8.19. The summed E-state index contributed by atoms with van der Waals surface area (Å²) in [6.07, 6.45) is 5.16. The number of nitrogens with zero attached hydrogens (tertiary/aromatic N) is 5. The second-order valence-corrected chi connectivity index (χ2v) is 11.0. The van der Waals surface area contributed by atoms with Crippen molar-refractivity contribution >= 4 is 21.7 Å². The molecular formula is C23H30N8O2S. The van der Waals surface area contributed by atoms with Gasteiger partial charge in [-0.15, -0.1) is 0 Å². The second kappa shape index (κ2) is 8.97. The first kappa shape index (κ1) is 22.8. The molecule has 2 aromatic heterocycles. The van der Waals surface area contributed by atoms with Gasteiger partial charge < -0.3 is 20.9 Å². The quantitative estimate of drug-likeness (QED) is 0.465. The molecule has 1 aromatic carbocycles. The van der Waals surface area contributed by atoms with E-state index in [2.05, 4.69) is 49.4 Å². The minimum Gasteiger partial charge on any atom is -0.382 e. The van der Waals surface area contributed by atoms with Gasteiger partial charge in [0, 0.05) is 31.7 Å². The lowest BCUT2D eigenvalue weighted by Crippen LogP contribution is -2.56. The summed E-state index contributed by atoms with van der Waals surface area (Å²) in [4.78, 5) is 19.1. The fraction of sp³-hybridized carbons (Fsp3) is 0.435. The Morgan fingerprint density at radius 2 is 1.82 bits per heavy atom. The average Bonchev–Trinajstić information content (AvgIpc) is 3.43. The molecule has 180 valence electrons. The Morgan fingerprint density at radius 1 is 1.12 bits per heavy atom. The van der Waals surface area contributed by atoms with Gasteiger partial charge in [0.05, 0.1) is 23.8 Å². The lowest BCUT2D eigenvalue weighted by atomic mass is 10.1. The molecule has 4 N–H and O–H groups in total. The van der Waals surface area contributed by atoms with Gasteiger partial charge in [-0.2, -0.15) is 4.31 Å². The molecule has 0 spiro atoms. The first-order chi connectivity index (χ1) is 16.4. The lowest BCUT2D eigenvalue weighted by molar-refractivity contribution is 0.286. The molecule has 2 bridgehead atoms. The van der Waals surface area contributed by atoms with Gasteiger partial charge in [-0.3, -0.25) is 0 Å². The molecule has 0 radical (unpaired) electrons. The first-order valence-corrected chi connectivity index (χ1v) is 13.2. The molecule has 2 aliphatic heterocycles. The Hall–Kier alpha value is -3.02. The van der Waals surface area contributed by atoms with Gasteiger partial charge in [-0.1, -0.05) is 24.3 Å². The maximum absolute atomic E-state index is 12.6. The number of nitrogens with one attached hydrogen (secondary N) is 2. The number of nitrogen functional groups attached to an aromatic ring is 1. The molecule has 3 aromatic rings. The van der Waals surface area contributed by atoms with Gasteiger partial charge in [0.15, 0.2) is 17.3 Å². The molecule has 2 unspecified atom stereocenters. The molecule has 2 saturated heterocycles. The number of fused-ring (bicyclic) bond motifs is 2. The first-order valence-electron chi connectivity index (χ1n) is 11.6. The molecular weight excluding hydrogens is 452 g/mol. The molecule has 5 rings (SSSR count). The zero-order chi connectivity index (χ0) is 23.9. The van der Waals surface area contributed by atoms with E-state index in [0.717, 1.165) is 30.6 Å². The van der Waals surface area contributed by atoms with Crippen LogP contribution in [0.2, 0.25) is 0 Å². The minimum atomic E-state index is -3.22. The van der Waals surface area contributed by atoms with Crippen LogP contribution in [0.5, 0.6) is 0 Å². The fourth-order valence-electron chi connectivity index (χ4n) is 4.96. The van der Waals surface area contributed by atoms with E-state index >= 15 is 0 Å². The summed E-state index contributed by atoms with van der Waals surface area (Å²) in [5, 5.41) is 3.14. The Balaban J connectivity index is 1.38. The number of aromatic nitrogens is 4. The van der Waals surface area contributed by atoms with Crippen LogP contribution in [-0.2, 0) is 16.6 Å². The molecule has 34 heavy (non-hydrogen) atoms. The summed E-state index contributed by atoms with van der Waals surface area (Å²) >= 11 is 0. The van der Waals surface area contributed by atoms with Crippen molar-refractivity contribution in [1.82, 2.24) is 29.6 Å². The number of hydrogen-bond donors (Lipinski definition) is 3. The highest BCUT2D eigenvalue weighted by atomic mass is 32.2. The predicted octanol–water partition coefficient (Wildman–Crippen LogP) is 1.84. The number of imidazole rings is 1. The van der Waals surface area contributed by atoms with E-state index in [1.807, 2.05) is 7.05 Å². The van der Waals surface area contributed by atoms with Crippen molar-refractivity contribution in [2.45, 2.75) is 38.4 Å². The number of rotatable bonds is 7. The van der Waals surface area contributed by atoms with E-state index in [1.54, 1.807) is 23.6 Å². The smallest absolute Gasteiger partial charge is 0.214 e. The minimum absolute atomic E-state index is 0.0346. The van der Waals surface area contributed by atoms with Crippen molar-refractivity contribution < 1.29 is 8.42 Å². The Morgan fingerprint density at radius 3 is 2.47 bits per heavy atom. The topological polar surface area (TPSA) is 133 Å². The van der Waals surface area contributed by atoms with Crippen LogP contribution in [-0.4, -0.2) is 70.6 Å². The molecule has 11 heteroatoms. The lowest BCUT2D eigenvalue weighted by Gasteiger charge is -2.40. The largest absolute Gasteiger partial charge is 0.382 e. The van der Waals surface area contributed by atoms with Crippen molar-refractivity contribution in [3.63, 3.8) is 0 Å². The molecule has 0 saturated carbocycles. The van der Waals surface area contributed by atoms with E-state index in [-0.39, 0.29) is 17.8 Å². The van der Waals surface area contributed by atoms with Crippen molar-refractivity contribution in [2.24, 2.45) is 0 Å². The van der Waals surface area contributed by atoms with Crippen LogP contribution >= 0.6 is 0 Å². The van der Waals surface area contributed by atoms with Crippen LogP contribution in [0.3, 0.4) is 0 Å². The SMILES string of the molecule is CCS(=O)(=O)N1C2CCC1CN(c1cnc(N)c(-c3ncc(-c4ccc(CNC)cc4)[nH]3)n1)C2. The maximum atomic E-state index is 12.6. The molecule has 2 atom stereocenters. The summed E-state index contributed by atoms with van der Waals surface area (Å²) < 4.78 is 26.8. The monoisotopic (exact) mass is 482 g/mol. The van der Waals surface area contributed by atoms with E-state index in [1.165, 1.54) is 5.56 Å². The zero-order valence-corrected chi connectivity index (χ0v) is 20.2. The number of anilines is 2. The van der Waals surface area contributed by atoms with Crippen LogP contribution in [0.15, 0.2) is 36.7 Å². The predicted molar refractivity (Wildman–Crippen MR) is 133 cm³/mol. The summed E-state index contributed by atoms with van der Waals surface area (Å²) in [6.45, 7) is 3.70. The van der Waals surface area contributed by atoms with Crippen molar-refractivity contribution in [2.75, 3.05) is 36.5 Å². The van der Waals surface area contributed by atoms with Gasteiger partial charge >= 0.3 is 0 Å². The Kier molecular flexibility index (Phi) is 6.00. The number of aromatic amines is 1. The number of benzene rings is 1. The van der Waals surface area contributed by atoms with Crippen molar-refractivity contribution in [3.8, 4) is 22.8 Å². The average molecular weight is 483 g/mol. The number of H-pyrrole nitrogens is 1. The van der Waals surface area contributed by atoms with E-state index < -0.39 is 10.0 Å². The Bertz CT molecular complexity index is 1260. The highest BCUT2D eigenvalue weighted by Gasteiger charge is 2.45. The van der Waals surface area contributed by atoms with Crippen LogP contribution in [0, 0.1) is 0 Å². The fourth-order valence-corrected chi connectivity index (χ4v) is 6.52. The third-order valence-electron chi connectivity index (χ3n) is 6.66. The second-order valence-electron chi connectivity index (χ2n) is 8.86. The van der Waals surface area contributed by atoms with Crippen LogP contribution in [0.25, 0.3) is 22.8 Å². The van der Waals surface area contributed by atoms with Gasteiger partial charge in [0.2, 0.25) is 10.0 Å². The van der Waals surface area contributed by atoms with E-state index in [4.69, 9.17) is 10.7 Å². The van der Waals surface area contributed by atoms with Crippen LogP contribution in [0.4, 0.5) is 11.6 Å². The van der Waals surface area contributed by atoms with Gasteiger partial charge in [0.1, 0.15) is 5.82 Å². The van der Waals surface area contributed by atoms with Crippen molar-refractivity contribution in [1.29, 1.82) is 0 Å². The molecule has 0 aliphatic carbocycles. The number of sulfonamides is 1. The third kappa shape index (κ3) is 4.15. The highest BCUT2D eigenvalue weighted by molar-refractivity contribution is 7.89. The summed E-state index contributed by atoms with van der Waals surface area (Å²) in [7, 11) is -1.30. The number of piperazine rings is 1. The van der Waals surface area contributed by atoms with E-state index in [0.29, 0.717) is 36.2 Å². The van der Waals surface area contributed by atoms with Gasteiger partial charge in [-0.25, -0.2) is 23.4 Å². The standard InChI is InChI=1S/C23H30N8O2S/c1-3-34(32,33)31-17-8-9-18(31)14-30(13-17)20-12-26-22(24)21(29-20)23-27-11-19(28-23)16-6-4-15(5-7-16)10-25-2/h4-7,11-12,17-18,25H,3,8-10,13-14H2,1-2H3,(H2,24,26)(H,27,28). The molecule has 2 fully saturated rings. The maximum Gasteiger partial charge on any atom is 0.214 e. The highest BCUT2D eigenvalue weighted by Crippen LogP contribution is 2.35. The zero-order valence-electron chi connectivity index (χ0n) is 19.4. The van der Waals surface area contributed by atoms with Gasteiger partial charge in [-0.05, 0) is 37.9 Å². The Labute approximate surface area is 199 Å².